The van der Waals surface area contributed by atoms with Gasteiger partial charge in [-0.1, -0.05) is 100 Å². The Kier molecular flexibility index (Phi) is 13.7. The molecule has 0 saturated heterocycles. The minimum Gasteiger partial charge on any atom is -0.372 e. The number of aryl methyl sites for hydroxylation is 1. The highest BCUT2D eigenvalue weighted by Gasteiger charge is 2.18. The number of anilines is 3. The van der Waals surface area contributed by atoms with Gasteiger partial charge < -0.3 is 20.1 Å². The summed E-state index contributed by atoms with van der Waals surface area (Å²) in [6.07, 6.45) is 9.30. The minimum atomic E-state index is -0.0178. The van der Waals surface area contributed by atoms with Crippen molar-refractivity contribution in [1.29, 1.82) is 0 Å². The van der Waals surface area contributed by atoms with Gasteiger partial charge in [0.2, 0.25) is 5.91 Å². The summed E-state index contributed by atoms with van der Waals surface area (Å²) < 4.78 is 0.432. The third-order valence-corrected chi connectivity index (χ3v) is 7.34. The van der Waals surface area contributed by atoms with Gasteiger partial charge in [-0.2, -0.15) is 0 Å². The van der Waals surface area contributed by atoms with Crippen LogP contribution < -0.4 is 15.1 Å². The van der Waals surface area contributed by atoms with Gasteiger partial charge in [0.05, 0.1) is 0 Å². The van der Waals surface area contributed by atoms with E-state index in [1.54, 1.807) is 0 Å². The smallest absolute Gasteiger partial charge is 0.224 e. The van der Waals surface area contributed by atoms with E-state index in [1.165, 1.54) is 36.9 Å². The Bertz CT molecular complexity index is 1200. The molecule has 0 aliphatic rings. The van der Waals surface area contributed by atoms with Crippen LogP contribution in [0.4, 0.5) is 17.2 Å². The average Bonchev–Trinajstić information content (AvgIpc) is 2.96. The molecule has 0 aliphatic heterocycles. The van der Waals surface area contributed by atoms with E-state index in [0.29, 0.717) is 16.7 Å². The SMILES string of the molecule is CCCCCCCN(Cc1ccccc1)c1[nH]c(C)nc(=S)c1NC(=O)CCCCN(CCC)c1ccccc1. The van der Waals surface area contributed by atoms with Crippen molar-refractivity contribution in [1.82, 2.24) is 9.97 Å². The molecule has 1 amide bonds. The number of amides is 1. The molecule has 0 atom stereocenters. The average molecular weight is 562 g/mol. The number of carbonyl (C=O) groups excluding carboxylic acids is 1. The van der Waals surface area contributed by atoms with Crippen molar-refractivity contribution in [2.45, 2.75) is 85.1 Å². The third kappa shape index (κ3) is 10.4. The first-order valence-electron chi connectivity index (χ1n) is 15.0. The maximum atomic E-state index is 13.1. The number of hydrogen-bond acceptors (Lipinski definition) is 5. The molecule has 0 fully saturated rings. The molecule has 3 rings (SSSR count). The van der Waals surface area contributed by atoms with Crippen LogP contribution >= 0.6 is 12.2 Å². The Labute approximate surface area is 246 Å². The highest BCUT2D eigenvalue weighted by molar-refractivity contribution is 7.71. The quantitative estimate of drug-likeness (QED) is 0.120. The second-order valence-electron chi connectivity index (χ2n) is 10.5. The molecule has 6 nitrogen and oxygen atoms in total. The fourth-order valence-corrected chi connectivity index (χ4v) is 5.25. The Morgan fingerprint density at radius 2 is 1.48 bits per heavy atom. The van der Waals surface area contributed by atoms with E-state index in [2.05, 4.69) is 87.5 Å². The third-order valence-electron chi connectivity index (χ3n) is 7.04. The van der Waals surface area contributed by atoms with Crippen molar-refractivity contribution in [3.8, 4) is 0 Å². The molecule has 2 aromatic carbocycles. The first-order valence-corrected chi connectivity index (χ1v) is 15.4. The number of rotatable bonds is 18. The van der Waals surface area contributed by atoms with Crippen LogP contribution in [0.15, 0.2) is 60.7 Å². The molecule has 40 heavy (non-hydrogen) atoms. The highest BCUT2D eigenvalue weighted by Crippen LogP contribution is 2.27. The lowest BCUT2D eigenvalue weighted by Crippen LogP contribution is -2.28. The zero-order valence-electron chi connectivity index (χ0n) is 24.6. The van der Waals surface area contributed by atoms with E-state index in [-0.39, 0.29) is 5.91 Å². The van der Waals surface area contributed by atoms with Gasteiger partial charge in [-0.05, 0) is 50.3 Å². The maximum absolute atomic E-state index is 13.1. The molecular weight excluding hydrogens is 514 g/mol. The van der Waals surface area contributed by atoms with Crippen molar-refractivity contribution in [2.24, 2.45) is 0 Å². The molecular formula is C33H47N5OS. The Morgan fingerprint density at radius 3 is 2.17 bits per heavy atom. The highest BCUT2D eigenvalue weighted by atomic mass is 32.1. The zero-order valence-corrected chi connectivity index (χ0v) is 25.4. The molecule has 216 valence electrons. The largest absolute Gasteiger partial charge is 0.372 e. The summed E-state index contributed by atoms with van der Waals surface area (Å²) >= 11 is 5.67. The first-order chi connectivity index (χ1) is 19.5. The standard InChI is InChI=1S/C33H47N5OS/c1-4-6-7-8-16-25-38(26-28-18-11-9-12-19-28)32-31(33(40)35-27(3)34-32)36-30(39)22-15-17-24-37(23-5-2)29-20-13-10-14-21-29/h9-14,18-21H,4-8,15-17,22-26H2,1-3H3,(H,36,39)(H,34,35,40). The monoisotopic (exact) mass is 561 g/mol. The lowest BCUT2D eigenvalue weighted by atomic mass is 10.1. The van der Waals surface area contributed by atoms with E-state index in [1.807, 2.05) is 19.1 Å². The summed E-state index contributed by atoms with van der Waals surface area (Å²) in [6.45, 7) is 9.92. The number of hydrogen-bond donors (Lipinski definition) is 2. The maximum Gasteiger partial charge on any atom is 0.224 e. The summed E-state index contributed by atoms with van der Waals surface area (Å²) in [5.74, 6) is 1.58. The van der Waals surface area contributed by atoms with Gasteiger partial charge in [0, 0.05) is 38.3 Å². The van der Waals surface area contributed by atoms with Crippen LogP contribution in [0.1, 0.15) is 83.0 Å². The van der Waals surface area contributed by atoms with Gasteiger partial charge in [0.1, 0.15) is 17.3 Å². The number of benzene rings is 2. The molecule has 1 heterocycles. The predicted molar refractivity (Wildman–Crippen MR) is 172 cm³/mol. The zero-order chi connectivity index (χ0) is 28.6. The number of aromatic amines is 1. The predicted octanol–water partition coefficient (Wildman–Crippen LogP) is 8.45. The van der Waals surface area contributed by atoms with Crippen LogP contribution in [0.3, 0.4) is 0 Å². The molecule has 2 N–H and O–H groups in total. The normalized spacial score (nSPS) is 10.9. The molecule has 7 heteroatoms. The van der Waals surface area contributed by atoms with E-state index in [4.69, 9.17) is 12.2 Å². The molecule has 0 unspecified atom stereocenters. The van der Waals surface area contributed by atoms with Gasteiger partial charge in [-0.25, -0.2) is 4.98 Å². The number of para-hydroxylation sites is 1. The van der Waals surface area contributed by atoms with Crippen LogP contribution in [0.2, 0.25) is 0 Å². The van der Waals surface area contributed by atoms with Crippen LogP contribution in [0.5, 0.6) is 0 Å². The van der Waals surface area contributed by atoms with Gasteiger partial charge >= 0.3 is 0 Å². The van der Waals surface area contributed by atoms with Crippen LogP contribution in [0.25, 0.3) is 0 Å². The summed E-state index contributed by atoms with van der Waals surface area (Å²) in [5, 5.41) is 3.14. The molecule has 0 bridgehead atoms. The number of H-pyrrole nitrogens is 1. The number of nitrogens with one attached hydrogen (secondary N) is 2. The fourth-order valence-electron chi connectivity index (χ4n) is 4.97. The van der Waals surface area contributed by atoms with Crippen LogP contribution in [-0.2, 0) is 11.3 Å². The second kappa shape index (κ2) is 17.5. The van der Waals surface area contributed by atoms with E-state index in [9.17, 15) is 4.79 Å². The number of unbranched alkanes of at least 4 members (excludes halogenated alkanes) is 5. The summed E-state index contributed by atoms with van der Waals surface area (Å²) in [4.78, 5) is 25.8. The summed E-state index contributed by atoms with van der Waals surface area (Å²) in [5.41, 5.74) is 3.08. The molecule has 0 saturated carbocycles. The fraction of sp³-hybridized carbons (Fsp3) is 0.485. The first kappa shape index (κ1) is 31.3. The van der Waals surface area contributed by atoms with Crippen LogP contribution in [0, 0.1) is 11.6 Å². The van der Waals surface area contributed by atoms with E-state index >= 15 is 0 Å². The van der Waals surface area contributed by atoms with Gasteiger partial charge in [-0.15, -0.1) is 0 Å². The van der Waals surface area contributed by atoms with Crippen molar-refractivity contribution in [3.63, 3.8) is 0 Å². The molecule has 3 aromatic rings. The van der Waals surface area contributed by atoms with Crippen LogP contribution in [-0.4, -0.2) is 35.5 Å². The summed E-state index contributed by atoms with van der Waals surface area (Å²) in [7, 11) is 0. The van der Waals surface area contributed by atoms with Crippen molar-refractivity contribution < 1.29 is 4.79 Å². The van der Waals surface area contributed by atoms with Gasteiger partial charge in [-0.3, -0.25) is 4.79 Å². The van der Waals surface area contributed by atoms with E-state index in [0.717, 1.165) is 63.5 Å². The number of carbonyl (C=O) groups is 1. The van der Waals surface area contributed by atoms with E-state index < -0.39 is 0 Å². The number of aromatic nitrogens is 2. The molecule has 1 aromatic heterocycles. The van der Waals surface area contributed by atoms with Crippen molar-refractivity contribution in [2.75, 3.05) is 34.8 Å². The lowest BCUT2D eigenvalue weighted by Gasteiger charge is -2.27. The molecule has 0 radical (unpaired) electrons. The minimum absolute atomic E-state index is 0.0178. The lowest BCUT2D eigenvalue weighted by molar-refractivity contribution is -0.116. The number of nitrogens with zero attached hydrogens (tertiary/aromatic N) is 3. The Balaban J connectivity index is 1.67. The van der Waals surface area contributed by atoms with Gasteiger partial charge in [0.15, 0.2) is 4.64 Å². The molecule has 0 spiro atoms. The van der Waals surface area contributed by atoms with Gasteiger partial charge in [0.25, 0.3) is 0 Å². The van der Waals surface area contributed by atoms with Crippen molar-refractivity contribution >= 4 is 35.3 Å². The second-order valence-corrected chi connectivity index (χ2v) is 10.9. The Morgan fingerprint density at radius 1 is 0.825 bits per heavy atom. The Hall–Kier alpha value is -3.19. The summed E-state index contributed by atoms with van der Waals surface area (Å²) in [6, 6.07) is 21.0. The topological polar surface area (TPSA) is 64.3 Å². The van der Waals surface area contributed by atoms with Crippen molar-refractivity contribution in [3.05, 3.63) is 76.7 Å². The molecule has 0 aliphatic carbocycles.